The van der Waals surface area contributed by atoms with Crippen molar-refractivity contribution in [2.75, 3.05) is 56.6 Å². The van der Waals surface area contributed by atoms with E-state index in [-0.39, 0.29) is 40.9 Å². The summed E-state index contributed by atoms with van der Waals surface area (Å²) >= 11 is 4.97. The number of amides is 4. The van der Waals surface area contributed by atoms with Gasteiger partial charge in [0.15, 0.2) is 21.7 Å². The fourth-order valence-corrected chi connectivity index (χ4v) is 10.5. The third-order valence-electron chi connectivity index (χ3n) is 10.0. The molecule has 0 radical (unpaired) electrons. The first-order valence-electron chi connectivity index (χ1n) is 20.8. The molecule has 69 heavy (non-hydrogen) atoms. The number of thiazole rings is 2. The molecule has 24 nitrogen and oxygen atoms in total. The van der Waals surface area contributed by atoms with Crippen LogP contribution in [-0.2, 0) is 67.0 Å². The lowest BCUT2D eigenvalue weighted by Gasteiger charge is -2.49. The van der Waals surface area contributed by atoms with Gasteiger partial charge in [0.2, 0.25) is 13.6 Å². The third kappa shape index (κ3) is 11.6. The van der Waals surface area contributed by atoms with Gasteiger partial charge in [0.25, 0.3) is 23.6 Å². The minimum Gasteiger partial charge on any atom is -0.427 e. The summed E-state index contributed by atoms with van der Waals surface area (Å²) in [6.45, 7) is 12.1. The molecule has 4 N–H and O–H groups in total. The van der Waals surface area contributed by atoms with Crippen LogP contribution in [-0.4, -0.2) is 148 Å². The number of nitrogens with one attached hydrogen (secondary N) is 4. The zero-order valence-corrected chi connectivity index (χ0v) is 42.3. The minimum absolute atomic E-state index is 0.0154. The number of rotatable bonds is 18. The molecule has 2 saturated heterocycles. The number of esters is 4. The van der Waals surface area contributed by atoms with Crippen molar-refractivity contribution in [3.05, 3.63) is 44.7 Å². The topological polar surface area (TPSA) is 297 Å². The van der Waals surface area contributed by atoms with E-state index in [0.717, 1.165) is 22.7 Å². The van der Waals surface area contributed by atoms with E-state index in [0.29, 0.717) is 32.9 Å². The first-order chi connectivity index (χ1) is 32.6. The first kappa shape index (κ1) is 52.1. The van der Waals surface area contributed by atoms with Gasteiger partial charge < -0.3 is 49.9 Å². The van der Waals surface area contributed by atoms with Gasteiger partial charge in [0.05, 0.1) is 17.5 Å². The summed E-state index contributed by atoms with van der Waals surface area (Å²) in [6.07, 6.45) is 0. The molecule has 0 saturated carbocycles. The Balaban J connectivity index is 0.994. The van der Waals surface area contributed by atoms with E-state index >= 15 is 0 Å². The third-order valence-corrected chi connectivity index (χ3v) is 14.5. The average molecular weight is 1040 g/mol. The maximum atomic E-state index is 13.5. The standard InChI is InChI=1S/C41H50N10O14S4/c1-18-11-66-32-24(30(54)50(32)26(18)34(56)62-16-64-36(58)40(3,4)5)46-28(52)22(48-60-9)20-13-68-38(44-20)42-15-43-39-45-21(14-69-39)23(49-61-10)29(53)47-25-31(55)51-27(19(2)12-67-33(25)51)35(57)63-17-65-37(59)41(6,7)8/h13-14,24-25,32-33H,11-12,15-17H2,1-10H3,(H,42,44)(H,43,45)(H,46,52)(H,47,53)/b48-22-,49-23-/t24-,25+,32-,33+. The number of hydrogen-bond donors (Lipinski definition) is 4. The van der Waals surface area contributed by atoms with Crippen molar-refractivity contribution in [3.8, 4) is 0 Å². The SMILES string of the molecule is CO/N=C(\C(=O)N[C@@H]1C(=O)N2C(C(=O)OCOC(=O)C(C)(C)C)=C(C)CS[C@H]12)c1csc(NCNc2nc(/C(=N/OC)C(=O)N[C@H]3C(=O)N4C(C(=O)OCOC(=O)C(C)(C)C)=C(C)CS[C@@H]34)cs2)n1. The highest BCUT2D eigenvalue weighted by atomic mass is 32.2. The quantitative estimate of drug-likeness (QED) is 0.0548. The highest BCUT2D eigenvalue weighted by Gasteiger charge is 2.56. The van der Waals surface area contributed by atoms with Crippen LogP contribution in [0.15, 0.2) is 43.6 Å². The number of thioether (sulfide) groups is 2. The van der Waals surface area contributed by atoms with Gasteiger partial charge in [-0.05, 0) is 66.5 Å². The normalized spacial score (nSPS) is 20.4. The number of hydrogen-bond acceptors (Lipinski definition) is 24. The van der Waals surface area contributed by atoms with E-state index in [1.807, 2.05) is 0 Å². The van der Waals surface area contributed by atoms with E-state index in [1.165, 1.54) is 47.5 Å². The summed E-state index contributed by atoms with van der Waals surface area (Å²) in [5.74, 6) is -4.71. The van der Waals surface area contributed by atoms with Gasteiger partial charge in [0, 0.05) is 22.3 Å². The molecular weight excluding hydrogens is 985 g/mol. The number of oxime groups is 2. The molecule has 6 heterocycles. The zero-order chi connectivity index (χ0) is 50.5. The van der Waals surface area contributed by atoms with Gasteiger partial charge in [-0.15, -0.1) is 46.2 Å². The van der Waals surface area contributed by atoms with Crippen LogP contribution in [0.3, 0.4) is 0 Å². The van der Waals surface area contributed by atoms with E-state index < -0.39 is 94.8 Å². The van der Waals surface area contributed by atoms with Crippen molar-refractivity contribution in [1.82, 2.24) is 30.4 Å². The Hall–Kier alpha value is -6.26. The van der Waals surface area contributed by atoms with Crippen molar-refractivity contribution in [2.45, 2.75) is 78.2 Å². The maximum Gasteiger partial charge on any atom is 0.357 e. The van der Waals surface area contributed by atoms with Crippen LogP contribution in [0.1, 0.15) is 66.8 Å². The molecule has 2 aromatic heterocycles. The molecule has 0 aliphatic carbocycles. The molecule has 0 bridgehead atoms. The first-order valence-corrected chi connectivity index (χ1v) is 24.6. The van der Waals surface area contributed by atoms with Crippen LogP contribution in [0.4, 0.5) is 10.3 Å². The Labute approximate surface area is 411 Å². The number of carbonyl (C=O) groups is 8. The van der Waals surface area contributed by atoms with Crippen molar-refractivity contribution < 1.29 is 67.0 Å². The van der Waals surface area contributed by atoms with Crippen LogP contribution in [0.5, 0.6) is 0 Å². The number of anilines is 2. The molecule has 0 unspecified atom stereocenters. The molecule has 4 aliphatic rings. The fourth-order valence-electron chi connectivity index (χ4n) is 6.50. The van der Waals surface area contributed by atoms with Gasteiger partial charge in [0.1, 0.15) is 59.8 Å². The Bertz CT molecular complexity index is 2370. The van der Waals surface area contributed by atoms with Gasteiger partial charge in [-0.2, -0.15) is 0 Å². The van der Waals surface area contributed by atoms with Gasteiger partial charge >= 0.3 is 23.9 Å². The second kappa shape index (κ2) is 21.6. The Morgan fingerprint density at radius 1 is 0.652 bits per heavy atom. The van der Waals surface area contributed by atoms with Crippen molar-refractivity contribution in [1.29, 1.82) is 0 Å². The Morgan fingerprint density at radius 3 is 1.38 bits per heavy atom. The molecule has 2 aromatic rings. The Morgan fingerprint density at radius 2 is 1.03 bits per heavy atom. The molecule has 2 fully saturated rings. The molecule has 0 spiro atoms. The Kier molecular flexibility index (Phi) is 16.3. The van der Waals surface area contributed by atoms with Crippen LogP contribution in [0.25, 0.3) is 0 Å². The van der Waals surface area contributed by atoms with Crippen molar-refractivity contribution >= 4 is 115 Å². The maximum absolute atomic E-state index is 13.5. The number of aromatic nitrogens is 2. The molecule has 4 aliphatic heterocycles. The largest absolute Gasteiger partial charge is 0.427 e. The smallest absolute Gasteiger partial charge is 0.357 e. The lowest BCUT2D eigenvalue weighted by molar-refractivity contribution is -0.174. The van der Waals surface area contributed by atoms with E-state index in [1.54, 1.807) is 66.2 Å². The van der Waals surface area contributed by atoms with Crippen LogP contribution in [0, 0.1) is 10.8 Å². The van der Waals surface area contributed by atoms with E-state index in [9.17, 15) is 38.4 Å². The summed E-state index contributed by atoms with van der Waals surface area (Å²) in [6, 6.07) is -2.03. The lowest BCUT2D eigenvalue weighted by atomic mass is 9.97. The number of fused-ring (bicyclic) bond motifs is 2. The van der Waals surface area contributed by atoms with Gasteiger partial charge in [-0.3, -0.25) is 38.6 Å². The molecule has 0 aromatic carbocycles. The predicted octanol–water partition coefficient (Wildman–Crippen LogP) is 2.31. The minimum atomic E-state index is -1.02. The number of nitrogens with zero attached hydrogens (tertiary/aromatic N) is 6. The second-order valence-electron chi connectivity index (χ2n) is 17.3. The average Bonchev–Trinajstić information content (AvgIpc) is 3.97. The number of ether oxygens (including phenoxy) is 4. The monoisotopic (exact) mass is 1030 g/mol. The molecule has 28 heteroatoms. The van der Waals surface area contributed by atoms with Gasteiger partial charge in [-0.1, -0.05) is 10.3 Å². The fraction of sp³-hybridized carbons (Fsp3) is 0.512. The van der Waals surface area contributed by atoms with Crippen LogP contribution < -0.4 is 21.3 Å². The van der Waals surface area contributed by atoms with E-state index in [4.69, 9.17) is 28.6 Å². The highest BCUT2D eigenvalue weighted by Crippen LogP contribution is 2.42. The number of carbonyl (C=O) groups excluding carboxylic acids is 8. The van der Waals surface area contributed by atoms with Crippen molar-refractivity contribution in [2.24, 2.45) is 21.1 Å². The lowest BCUT2D eigenvalue weighted by Crippen LogP contribution is -2.71. The zero-order valence-electron chi connectivity index (χ0n) is 39.0. The van der Waals surface area contributed by atoms with E-state index in [2.05, 4.69) is 41.5 Å². The molecule has 372 valence electrons. The summed E-state index contributed by atoms with van der Waals surface area (Å²) in [7, 11) is 2.50. The van der Waals surface area contributed by atoms with Crippen molar-refractivity contribution in [3.63, 3.8) is 0 Å². The van der Waals surface area contributed by atoms with Crippen LogP contribution in [0.2, 0.25) is 0 Å². The molecule has 4 amide bonds. The van der Waals surface area contributed by atoms with Crippen LogP contribution >= 0.6 is 46.2 Å². The highest BCUT2D eigenvalue weighted by molar-refractivity contribution is 8.00. The summed E-state index contributed by atoms with van der Waals surface area (Å²) in [4.78, 5) is 125. The molecular formula is C41H50N10O14S4. The predicted molar refractivity (Wildman–Crippen MR) is 252 cm³/mol. The summed E-state index contributed by atoms with van der Waals surface area (Å²) < 4.78 is 20.4. The van der Waals surface area contributed by atoms with Gasteiger partial charge in [-0.25, -0.2) is 19.6 Å². The molecule has 6 rings (SSSR count). The number of β-lactam (4-membered cyclic amide) rings is 2. The summed E-state index contributed by atoms with van der Waals surface area (Å²) in [5.41, 5.74) is -0.591. The summed E-state index contributed by atoms with van der Waals surface area (Å²) in [5, 5.41) is 21.8. The molecule has 4 atom stereocenters. The second-order valence-corrected chi connectivity index (χ2v) is 21.2.